The third kappa shape index (κ3) is 7.14. The summed E-state index contributed by atoms with van der Waals surface area (Å²) >= 11 is 0. The highest BCUT2D eigenvalue weighted by Crippen LogP contribution is 2.16. The average Bonchev–Trinajstić information content (AvgIpc) is 2.32. The number of hydrogen-bond donors (Lipinski definition) is 2. The zero-order chi connectivity index (χ0) is 17.8. The van der Waals surface area contributed by atoms with Gasteiger partial charge in [0.2, 0.25) is 10.0 Å². The fourth-order valence-electron chi connectivity index (χ4n) is 1.82. The molecule has 0 atom stereocenters. The predicted octanol–water partition coefficient (Wildman–Crippen LogP) is 1.44. The smallest absolute Gasteiger partial charge is 0.325 e. The first kappa shape index (κ1) is 19.0. The minimum absolute atomic E-state index is 0.237. The van der Waals surface area contributed by atoms with E-state index in [-0.39, 0.29) is 6.54 Å². The van der Waals surface area contributed by atoms with Crippen LogP contribution in [-0.4, -0.2) is 38.7 Å². The maximum atomic E-state index is 12.1. The summed E-state index contributed by atoms with van der Waals surface area (Å²) in [5.41, 5.74) is 0.693. The fraction of sp³-hybridized carbons (Fsp3) is 0.467. The van der Waals surface area contributed by atoms with Crippen LogP contribution in [-0.2, 0) is 19.6 Å². The van der Waals surface area contributed by atoms with Crippen LogP contribution in [0.5, 0.6) is 0 Å². The van der Waals surface area contributed by atoms with Crippen LogP contribution in [0.15, 0.2) is 18.2 Å². The van der Waals surface area contributed by atoms with E-state index in [1.807, 2.05) is 0 Å². The zero-order valence-corrected chi connectivity index (χ0v) is 14.7. The molecule has 0 unspecified atom stereocenters. The van der Waals surface area contributed by atoms with Gasteiger partial charge in [0.15, 0.2) is 0 Å². The number of sulfonamides is 1. The molecule has 128 valence electrons. The van der Waals surface area contributed by atoms with Gasteiger partial charge in [-0.15, -0.1) is 0 Å². The van der Waals surface area contributed by atoms with Crippen LogP contribution in [0.1, 0.15) is 36.7 Å². The molecule has 0 aromatic heterocycles. The van der Waals surface area contributed by atoms with Crippen LogP contribution in [0.3, 0.4) is 0 Å². The summed E-state index contributed by atoms with van der Waals surface area (Å²) in [6, 6.07) is 4.52. The van der Waals surface area contributed by atoms with Crippen molar-refractivity contribution in [3.63, 3.8) is 0 Å². The number of benzene rings is 1. The molecule has 0 heterocycles. The zero-order valence-electron chi connectivity index (χ0n) is 13.9. The molecule has 0 saturated carbocycles. The van der Waals surface area contributed by atoms with Crippen molar-refractivity contribution in [2.45, 2.75) is 33.3 Å². The number of anilines is 1. The van der Waals surface area contributed by atoms with Crippen LogP contribution >= 0.6 is 0 Å². The van der Waals surface area contributed by atoms with Crippen molar-refractivity contribution in [2.75, 3.05) is 17.5 Å². The van der Waals surface area contributed by atoms with E-state index >= 15 is 0 Å². The SMILES string of the molecule is Cc1cc(NS(C)(=O)=O)ccc1C(=O)NCC(=O)OC(C)(C)C. The van der Waals surface area contributed by atoms with E-state index in [9.17, 15) is 18.0 Å². The Balaban J connectivity index is 2.72. The Kier molecular flexibility index (Phi) is 5.76. The van der Waals surface area contributed by atoms with Gasteiger partial charge in [0.05, 0.1) is 6.26 Å². The highest BCUT2D eigenvalue weighted by atomic mass is 32.2. The Hall–Kier alpha value is -2.09. The Morgan fingerprint density at radius 2 is 1.83 bits per heavy atom. The first-order valence-corrected chi connectivity index (χ1v) is 8.85. The van der Waals surface area contributed by atoms with Crippen LogP contribution in [0.2, 0.25) is 0 Å². The molecule has 0 aliphatic rings. The quantitative estimate of drug-likeness (QED) is 0.788. The number of ether oxygens (including phenoxy) is 1. The van der Waals surface area contributed by atoms with Gasteiger partial charge in [0, 0.05) is 11.3 Å². The van der Waals surface area contributed by atoms with E-state index in [0.717, 1.165) is 6.26 Å². The summed E-state index contributed by atoms with van der Waals surface area (Å²) in [7, 11) is -3.38. The van der Waals surface area contributed by atoms with Crippen LogP contribution in [0, 0.1) is 6.92 Å². The standard InChI is InChI=1S/C15H22N2O5S/c1-10-8-11(17-23(5,20)21)6-7-12(10)14(19)16-9-13(18)22-15(2,3)4/h6-8,17H,9H2,1-5H3,(H,16,19). The van der Waals surface area contributed by atoms with Crippen LogP contribution in [0.25, 0.3) is 0 Å². The molecule has 8 heteroatoms. The number of amides is 1. The molecule has 0 bridgehead atoms. The third-order valence-electron chi connectivity index (χ3n) is 2.59. The number of carbonyl (C=O) groups is 2. The molecule has 0 spiro atoms. The first-order valence-electron chi connectivity index (χ1n) is 6.96. The lowest BCUT2D eigenvalue weighted by Crippen LogP contribution is -2.34. The lowest BCUT2D eigenvalue weighted by atomic mass is 10.1. The lowest BCUT2D eigenvalue weighted by Gasteiger charge is -2.19. The Morgan fingerprint density at radius 3 is 2.30 bits per heavy atom. The van der Waals surface area contributed by atoms with Crippen molar-refractivity contribution in [1.29, 1.82) is 0 Å². The van der Waals surface area contributed by atoms with Gasteiger partial charge in [0.25, 0.3) is 5.91 Å². The summed E-state index contributed by atoms with van der Waals surface area (Å²) in [5, 5.41) is 2.48. The van der Waals surface area contributed by atoms with E-state index in [4.69, 9.17) is 4.74 Å². The van der Waals surface area contributed by atoms with Gasteiger partial charge in [-0.05, 0) is 51.5 Å². The number of aryl methyl sites for hydroxylation is 1. The van der Waals surface area contributed by atoms with Gasteiger partial charge in [-0.2, -0.15) is 0 Å². The molecule has 1 aromatic carbocycles. The molecule has 7 nitrogen and oxygen atoms in total. The van der Waals surface area contributed by atoms with Gasteiger partial charge >= 0.3 is 5.97 Å². The second-order valence-corrected chi connectivity index (χ2v) is 7.92. The van der Waals surface area contributed by atoms with E-state index in [1.54, 1.807) is 33.8 Å². The minimum atomic E-state index is -3.38. The summed E-state index contributed by atoms with van der Waals surface area (Å²) in [4.78, 5) is 23.7. The summed E-state index contributed by atoms with van der Waals surface area (Å²) < 4.78 is 29.8. The molecule has 23 heavy (non-hydrogen) atoms. The highest BCUT2D eigenvalue weighted by Gasteiger charge is 2.17. The van der Waals surface area contributed by atoms with E-state index in [1.165, 1.54) is 12.1 Å². The van der Waals surface area contributed by atoms with Gasteiger partial charge in [-0.1, -0.05) is 0 Å². The summed E-state index contributed by atoms with van der Waals surface area (Å²) in [6.45, 7) is 6.66. The first-order chi connectivity index (χ1) is 10.4. The second-order valence-electron chi connectivity index (χ2n) is 6.17. The molecular formula is C15H22N2O5S. The highest BCUT2D eigenvalue weighted by molar-refractivity contribution is 7.92. The topological polar surface area (TPSA) is 102 Å². The maximum Gasteiger partial charge on any atom is 0.325 e. The van der Waals surface area contributed by atoms with Crippen molar-refractivity contribution < 1.29 is 22.7 Å². The van der Waals surface area contributed by atoms with Crippen LogP contribution in [0.4, 0.5) is 5.69 Å². The minimum Gasteiger partial charge on any atom is -0.459 e. The van der Waals surface area contributed by atoms with E-state index in [0.29, 0.717) is 16.8 Å². The van der Waals surface area contributed by atoms with Crippen molar-refractivity contribution in [1.82, 2.24) is 5.32 Å². The van der Waals surface area contributed by atoms with Gasteiger partial charge in [-0.25, -0.2) is 8.42 Å². The number of carbonyl (C=O) groups excluding carboxylic acids is 2. The van der Waals surface area contributed by atoms with Crippen molar-refractivity contribution in [3.05, 3.63) is 29.3 Å². The predicted molar refractivity (Wildman–Crippen MR) is 87.8 cm³/mol. The van der Waals surface area contributed by atoms with Crippen molar-refractivity contribution >= 4 is 27.6 Å². The molecule has 0 saturated heterocycles. The molecule has 1 rings (SSSR count). The third-order valence-corrected chi connectivity index (χ3v) is 3.19. The maximum absolute atomic E-state index is 12.1. The van der Waals surface area contributed by atoms with E-state index in [2.05, 4.69) is 10.0 Å². The number of esters is 1. The number of hydrogen-bond acceptors (Lipinski definition) is 5. The van der Waals surface area contributed by atoms with Crippen LogP contribution < -0.4 is 10.0 Å². The number of rotatable bonds is 5. The summed E-state index contributed by atoms with van der Waals surface area (Å²) in [5.74, 6) is -0.960. The molecule has 0 radical (unpaired) electrons. The average molecular weight is 342 g/mol. The molecule has 1 amide bonds. The van der Waals surface area contributed by atoms with E-state index < -0.39 is 27.5 Å². The monoisotopic (exact) mass is 342 g/mol. The molecule has 0 aliphatic carbocycles. The van der Waals surface area contributed by atoms with Crippen molar-refractivity contribution in [3.8, 4) is 0 Å². The molecule has 0 fully saturated rings. The Morgan fingerprint density at radius 1 is 1.22 bits per heavy atom. The largest absolute Gasteiger partial charge is 0.459 e. The second kappa shape index (κ2) is 6.99. The van der Waals surface area contributed by atoms with Gasteiger partial charge < -0.3 is 10.1 Å². The van der Waals surface area contributed by atoms with Gasteiger partial charge in [-0.3, -0.25) is 14.3 Å². The van der Waals surface area contributed by atoms with Gasteiger partial charge in [0.1, 0.15) is 12.1 Å². The molecular weight excluding hydrogens is 320 g/mol. The van der Waals surface area contributed by atoms with Crippen molar-refractivity contribution in [2.24, 2.45) is 0 Å². The lowest BCUT2D eigenvalue weighted by molar-refractivity contribution is -0.153. The molecule has 0 aliphatic heterocycles. The summed E-state index contributed by atoms with van der Waals surface area (Å²) in [6.07, 6.45) is 1.05. The molecule has 2 N–H and O–H groups in total. The normalized spacial score (nSPS) is 11.7. The Bertz CT molecular complexity index is 705. The number of nitrogens with one attached hydrogen (secondary N) is 2. The fourth-order valence-corrected chi connectivity index (χ4v) is 2.38. The Labute approximate surface area is 136 Å². The molecule has 1 aromatic rings.